The van der Waals surface area contributed by atoms with E-state index in [1.807, 2.05) is 6.92 Å². The van der Waals surface area contributed by atoms with Crippen molar-refractivity contribution in [2.75, 3.05) is 0 Å². The van der Waals surface area contributed by atoms with Crippen molar-refractivity contribution in [3.8, 4) is 0 Å². The first-order chi connectivity index (χ1) is 7.92. The van der Waals surface area contributed by atoms with Crippen molar-refractivity contribution in [3.63, 3.8) is 0 Å². The maximum atomic E-state index is 9.89. The molecule has 17 heavy (non-hydrogen) atoms. The van der Waals surface area contributed by atoms with E-state index in [4.69, 9.17) is 0 Å². The molecule has 104 valence electrons. The number of hydrogen-bond acceptors (Lipinski definition) is 3. The fourth-order valence-corrected chi connectivity index (χ4v) is 2.11. The number of hydrogen-bond donors (Lipinski definition) is 3. The number of rotatable bonds is 9. The molecule has 5 atom stereocenters. The van der Waals surface area contributed by atoms with Gasteiger partial charge >= 0.3 is 0 Å². The van der Waals surface area contributed by atoms with Crippen molar-refractivity contribution in [1.29, 1.82) is 0 Å². The molecule has 0 aliphatic heterocycles. The van der Waals surface area contributed by atoms with Crippen LogP contribution in [0.25, 0.3) is 0 Å². The zero-order valence-electron chi connectivity index (χ0n) is 11.8. The summed E-state index contributed by atoms with van der Waals surface area (Å²) in [6.07, 6.45) is 1.77. The predicted octanol–water partition coefficient (Wildman–Crippen LogP) is 2.33. The maximum absolute atomic E-state index is 9.89. The van der Waals surface area contributed by atoms with Crippen LogP contribution >= 0.6 is 0 Å². The average molecular weight is 246 g/mol. The van der Waals surface area contributed by atoms with Crippen LogP contribution < -0.4 is 0 Å². The van der Waals surface area contributed by atoms with Gasteiger partial charge in [0.15, 0.2) is 0 Å². The van der Waals surface area contributed by atoms with Gasteiger partial charge in [-0.1, -0.05) is 40.5 Å². The molecule has 0 fully saturated rings. The van der Waals surface area contributed by atoms with Crippen molar-refractivity contribution in [3.05, 3.63) is 0 Å². The SMILES string of the molecule is CCCC(C)C(C)C[C@@H](O)[C@H](O)C[C@@H](O)CC. The standard InChI is InChI=1S/C14H30O3/c1-5-7-10(3)11(4)8-13(16)14(17)9-12(15)6-2/h10-17H,5-9H2,1-4H3/t10?,11?,12-,13+,14+/m0/s1. The van der Waals surface area contributed by atoms with Gasteiger partial charge in [0.25, 0.3) is 0 Å². The maximum Gasteiger partial charge on any atom is 0.0823 e. The van der Waals surface area contributed by atoms with Gasteiger partial charge in [-0.25, -0.2) is 0 Å². The summed E-state index contributed by atoms with van der Waals surface area (Å²) in [7, 11) is 0. The van der Waals surface area contributed by atoms with Gasteiger partial charge in [-0.05, 0) is 24.7 Å². The molecule has 0 aromatic carbocycles. The number of aliphatic hydroxyl groups is 3. The second-order valence-corrected chi connectivity index (χ2v) is 5.41. The van der Waals surface area contributed by atoms with Crippen molar-refractivity contribution in [1.82, 2.24) is 0 Å². The van der Waals surface area contributed by atoms with Gasteiger partial charge < -0.3 is 15.3 Å². The van der Waals surface area contributed by atoms with Crippen LogP contribution in [0.3, 0.4) is 0 Å². The van der Waals surface area contributed by atoms with Crippen LogP contribution in [-0.2, 0) is 0 Å². The molecule has 0 amide bonds. The monoisotopic (exact) mass is 246 g/mol. The highest BCUT2D eigenvalue weighted by atomic mass is 16.3. The van der Waals surface area contributed by atoms with Crippen LogP contribution in [0, 0.1) is 11.8 Å². The summed E-state index contributed by atoms with van der Waals surface area (Å²) in [6.45, 7) is 8.34. The smallest absolute Gasteiger partial charge is 0.0823 e. The number of aliphatic hydroxyl groups excluding tert-OH is 3. The lowest BCUT2D eigenvalue weighted by molar-refractivity contribution is -0.0253. The van der Waals surface area contributed by atoms with Gasteiger partial charge in [0.05, 0.1) is 18.3 Å². The van der Waals surface area contributed by atoms with E-state index >= 15 is 0 Å². The zero-order chi connectivity index (χ0) is 13.4. The predicted molar refractivity (Wildman–Crippen MR) is 70.8 cm³/mol. The highest BCUT2D eigenvalue weighted by Crippen LogP contribution is 2.23. The van der Waals surface area contributed by atoms with Gasteiger partial charge in [0.1, 0.15) is 0 Å². The summed E-state index contributed by atoms with van der Waals surface area (Å²) < 4.78 is 0. The van der Waals surface area contributed by atoms with E-state index in [2.05, 4.69) is 20.8 Å². The Labute approximate surface area is 106 Å². The molecular formula is C14H30O3. The van der Waals surface area contributed by atoms with Gasteiger partial charge in [-0.2, -0.15) is 0 Å². The van der Waals surface area contributed by atoms with E-state index in [1.165, 1.54) is 0 Å². The molecule has 0 bridgehead atoms. The summed E-state index contributed by atoms with van der Waals surface area (Å²) in [6, 6.07) is 0. The molecule has 0 radical (unpaired) electrons. The molecule has 3 nitrogen and oxygen atoms in total. The molecule has 0 saturated carbocycles. The summed E-state index contributed by atoms with van der Waals surface area (Å²) in [5.74, 6) is 0.969. The lowest BCUT2D eigenvalue weighted by Gasteiger charge is -2.26. The minimum absolute atomic E-state index is 0.270. The van der Waals surface area contributed by atoms with E-state index in [1.54, 1.807) is 0 Å². The molecule has 0 spiro atoms. The molecule has 2 unspecified atom stereocenters. The summed E-state index contributed by atoms with van der Waals surface area (Å²) in [5, 5.41) is 29.1. The minimum atomic E-state index is -0.804. The van der Waals surface area contributed by atoms with Crippen molar-refractivity contribution in [2.45, 2.75) is 78.1 Å². The van der Waals surface area contributed by atoms with Crippen LogP contribution in [0.1, 0.15) is 59.8 Å². The van der Waals surface area contributed by atoms with Crippen LogP contribution in [-0.4, -0.2) is 33.6 Å². The van der Waals surface area contributed by atoms with E-state index in [-0.39, 0.29) is 6.42 Å². The Morgan fingerprint density at radius 1 is 0.824 bits per heavy atom. The fraction of sp³-hybridized carbons (Fsp3) is 1.00. The Morgan fingerprint density at radius 2 is 1.35 bits per heavy atom. The first-order valence-electron chi connectivity index (χ1n) is 6.96. The average Bonchev–Trinajstić information content (AvgIpc) is 2.28. The fourth-order valence-electron chi connectivity index (χ4n) is 2.11. The van der Waals surface area contributed by atoms with E-state index in [9.17, 15) is 15.3 Å². The Hall–Kier alpha value is -0.120. The second kappa shape index (κ2) is 8.90. The molecule has 0 saturated heterocycles. The molecule has 0 rings (SSSR count). The quantitative estimate of drug-likeness (QED) is 0.585. The van der Waals surface area contributed by atoms with E-state index < -0.39 is 18.3 Å². The molecule has 3 N–H and O–H groups in total. The van der Waals surface area contributed by atoms with Crippen LogP contribution in [0.15, 0.2) is 0 Å². The third-order valence-corrected chi connectivity index (χ3v) is 3.76. The minimum Gasteiger partial charge on any atom is -0.393 e. The van der Waals surface area contributed by atoms with Crippen LogP contribution in [0.5, 0.6) is 0 Å². The zero-order valence-corrected chi connectivity index (χ0v) is 11.8. The van der Waals surface area contributed by atoms with Crippen LogP contribution in [0.4, 0.5) is 0 Å². The van der Waals surface area contributed by atoms with Gasteiger partial charge in [0, 0.05) is 6.42 Å². The summed E-state index contributed by atoms with van der Waals surface area (Å²) in [4.78, 5) is 0. The van der Waals surface area contributed by atoms with Gasteiger partial charge in [0.2, 0.25) is 0 Å². The van der Waals surface area contributed by atoms with Crippen LogP contribution in [0.2, 0.25) is 0 Å². The highest BCUT2D eigenvalue weighted by molar-refractivity contribution is 4.74. The first kappa shape index (κ1) is 16.9. The summed E-state index contributed by atoms with van der Waals surface area (Å²) in [5.41, 5.74) is 0. The van der Waals surface area contributed by atoms with E-state index in [0.717, 1.165) is 12.8 Å². The Kier molecular flexibility index (Phi) is 8.83. The highest BCUT2D eigenvalue weighted by Gasteiger charge is 2.23. The molecule has 0 heterocycles. The largest absolute Gasteiger partial charge is 0.393 e. The third-order valence-electron chi connectivity index (χ3n) is 3.76. The third kappa shape index (κ3) is 7.02. The Morgan fingerprint density at radius 3 is 1.82 bits per heavy atom. The second-order valence-electron chi connectivity index (χ2n) is 5.41. The van der Waals surface area contributed by atoms with Crippen molar-refractivity contribution in [2.24, 2.45) is 11.8 Å². The first-order valence-corrected chi connectivity index (χ1v) is 6.96. The Balaban J connectivity index is 4.01. The Bertz CT molecular complexity index is 184. The molecule has 0 aromatic rings. The van der Waals surface area contributed by atoms with E-state index in [0.29, 0.717) is 24.7 Å². The molecule has 0 aromatic heterocycles. The lowest BCUT2D eigenvalue weighted by Crippen LogP contribution is -2.32. The van der Waals surface area contributed by atoms with Gasteiger partial charge in [-0.3, -0.25) is 0 Å². The topological polar surface area (TPSA) is 60.7 Å². The molecule has 3 heteroatoms. The molecular weight excluding hydrogens is 216 g/mol. The van der Waals surface area contributed by atoms with Crippen molar-refractivity contribution >= 4 is 0 Å². The lowest BCUT2D eigenvalue weighted by atomic mass is 9.86. The van der Waals surface area contributed by atoms with Crippen molar-refractivity contribution < 1.29 is 15.3 Å². The normalized spacial score (nSPS) is 20.6. The van der Waals surface area contributed by atoms with Gasteiger partial charge in [-0.15, -0.1) is 0 Å². The molecule has 0 aliphatic carbocycles. The summed E-state index contributed by atoms with van der Waals surface area (Å²) >= 11 is 0. The molecule has 0 aliphatic rings.